The zero-order valence-corrected chi connectivity index (χ0v) is 12.4. The molecule has 1 fully saturated rings. The highest BCUT2D eigenvalue weighted by Gasteiger charge is 2.18. The number of hydrogen-bond donors (Lipinski definition) is 1. The van der Waals surface area contributed by atoms with Gasteiger partial charge in [0.1, 0.15) is 0 Å². The average Bonchev–Trinajstić information content (AvgIpc) is 2.49. The number of alkyl halides is 2. The number of anilines is 2. The van der Waals surface area contributed by atoms with E-state index in [0.717, 1.165) is 44.0 Å². The topological polar surface area (TPSA) is 35.6 Å². The van der Waals surface area contributed by atoms with Gasteiger partial charge in [-0.25, -0.2) is 0 Å². The Morgan fingerprint density at radius 3 is 2.48 bits per heavy atom. The SMILES string of the molecule is CCN1CCN(c2ccc(NC(=O)C(F)F)c(C)c2)CC1. The Labute approximate surface area is 123 Å². The highest BCUT2D eigenvalue weighted by Crippen LogP contribution is 2.24. The van der Waals surface area contributed by atoms with Gasteiger partial charge in [0.2, 0.25) is 0 Å². The molecule has 0 spiro atoms. The first-order valence-corrected chi connectivity index (χ1v) is 7.18. The lowest BCUT2D eigenvalue weighted by molar-refractivity contribution is -0.126. The number of rotatable bonds is 4. The third-order valence-corrected chi connectivity index (χ3v) is 3.85. The normalized spacial score (nSPS) is 16.3. The Morgan fingerprint density at radius 2 is 1.95 bits per heavy atom. The number of carbonyl (C=O) groups excluding carboxylic acids is 1. The number of aryl methyl sites for hydroxylation is 1. The first kappa shape index (κ1) is 15.7. The molecule has 6 heteroatoms. The fraction of sp³-hybridized carbons (Fsp3) is 0.533. The fourth-order valence-electron chi connectivity index (χ4n) is 2.49. The summed E-state index contributed by atoms with van der Waals surface area (Å²) in [6.45, 7) is 8.99. The lowest BCUT2D eigenvalue weighted by atomic mass is 10.1. The Morgan fingerprint density at radius 1 is 1.29 bits per heavy atom. The molecule has 1 aromatic carbocycles. The number of carbonyl (C=O) groups is 1. The smallest absolute Gasteiger partial charge is 0.315 e. The molecule has 1 aliphatic rings. The first-order chi connectivity index (χ1) is 10.0. The summed E-state index contributed by atoms with van der Waals surface area (Å²) in [6, 6.07) is 5.50. The molecule has 1 aromatic rings. The van der Waals surface area contributed by atoms with E-state index in [1.165, 1.54) is 0 Å². The van der Waals surface area contributed by atoms with E-state index in [1.54, 1.807) is 6.07 Å². The monoisotopic (exact) mass is 297 g/mol. The Balaban J connectivity index is 2.04. The van der Waals surface area contributed by atoms with Crippen LogP contribution in [-0.2, 0) is 4.79 Å². The van der Waals surface area contributed by atoms with Crippen LogP contribution in [0.25, 0.3) is 0 Å². The second-order valence-corrected chi connectivity index (χ2v) is 5.21. The van der Waals surface area contributed by atoms with Gasteiger partial charge in [-0.3, -0.25) is 4.79 Å². The van der Waals surface area contributed by atoms with Gasteiger partial charge in [-0.15, -0.1) is 0 Å². The molecule has 4 nitrogen and oxygen atoms in total. The maximum atomic E-state index is 12.3. The number of piperazine rings is 1. The lowest BCUT2D eigenvalue weighted by Gasteiger charge is -2.35. The van der Waals surface area contributed by atoms with Crippen LogP contribution >= 0.6 is 0 Å². The molecule has 2 rings (SSSR count). The maximum absolute atomic E-state index is 12.3. The van der Waals surface area contributed by atoms with Gasteiger partial charge >= 0.3 is 6.43 Å². The van der Waals surface area contributed by atoms with Crippen molar-refractivity contribution in [2.24, 2.45) is 0 Å². The van der Waals surface area contributed by atoms with Crippen molar-refractivity contribution in [3.05, 3.63) is 23.8 Å². The summed E-state index contributed by atoms with van der Waals surface area (Å²) < 4.78 is 24.5. The zero-order chi connectivity index (χ0) is 15.4. The van der Waals surface area contributed by atoms with Gasteiger partial charge < -0.3 is 15.1 Å². The van der Waals surface area contributed by atoms with Gasteiger partial charge in [0.15, 0.2) is 0 Å². The minimum absolute atomic E-state index is 0.441. The van der Waals surface area contributed by atoms with Crippen LogP contribution in [0.3, 0.4) is 0 Å². The summed E-state index contributed by atoms with van der Waals surface area (Å²) in [6.07, 6.45) is -2.99. The maximum Gasteiger partial charge on any atom is 0.315 e. The first-order valence-electron chi connectivity index (χ1n) is 7.18. The molecule has 116 valence electrons. The van der Waals surface area contributed by atoms with Gasteiger partial charge in [0.05, 0.1) is 0 Å². The summed E-state index contributed by atoms with van der Waals surface area (Å²) in [5, 5.41) is 2.24. The second kappa shape index (κ2) is 6.85. The average molecular weight is 297 g/mol. The Bertz CT molecular complexity index is 500. The molecule has 1 amide bonds. The number of nitrogens with zero attached hydrogens (tertiary/aromatic N) is 2. The van der Waals surface area contributed by atoms with Crippen LogP contribution in [0.4, 0.5) is 20.2 Å². The molecule has 1 heterocycles. The molecule has 1 aliphatic heterocycles. The fourth-order valence-corrected chi connectivity index (χ4v) is 2.49. The van der Waals surface area contributed by atoms with Crippen molar-refractivity contribution in [1.82, 2.24) is 4.90 Å². The minimum atomic E-state index is -2.99. The van der Waals surface area contributed by atoms with E-state index in [4.69, 9.17) is 0 Å². The highest BCUT2D eigenvalue weighted by molar-refractivity contribution is 5.94. The molecular weight excluding hydrogens is 276 g/mol. The van der Waals surface area contributed by atoms with Crippen molar-refractivity contribution in [1.29, 1.82) is 0 Å². The molecule has 1 saturated heterocycles. The number of halogens is 2. The van der Waals surface area contributed by atoms with Crippen molar-refractivity contribution in [3.8, 4) is 0 Å². The van der Waals surface area contributed by atoms with Crippen molar-refractivity contribution in [2.45, 2.75) is 20.3 Å². The molecule has 0 atom stereocenters. The van der Waals surface area contributed by atoms with Crippen LogP contribution in [0, 0.1) is 6.92 Å². The molecular formula is C15H21F2N3O. The number of benzene rings is 1. The van der Waals surface area contributed by atoms with Gasteiger partial charge in [-0.2, -0.15) is 8.78 Å². The predicted octanol–water partition coefficient (Wildman–Crippen LogP) is 2.34. The molecule has 0 radical (unpaired) electrons. The standard InChI is InChI=1S/C15H21F2N3O/c1-3-19-6-8-20(9-7-19)12-4-5-13(11(2)10-12)18-15(21)14(16)17/h4-5,10,14H,3,6-9H2,1-2H3,(H,18,21). The summed E-state index contributed by atoms with van der Waals surface area (Å²) >= 11 is 0. The van der Waals surface area contributed by atoms with Crippen molar-refractivity contribution >= 4 is 17.3 Å². The van der Waals surface area contributed by atoms with E-state index < -0.39 is 12.3 Å². The third kappa shape index (κ3) is 3.91. The predicted molar refractivity (Wildman–Crippen MR) is 80.1 cm³/mol. The summed E-state index contributed by atoms with van der Waals surface area (Å²) in [5.41, 5.74) is 2.30. The Kier molecular flexibility index (Phi) is 5.12. The van der Waals surface area contributed by atoms with E-state index in [1.807, 2.05) is 19.1 Å². The quantitative estimate of drug-likeness (QED) is 0.926. The molecule has 0 aromatic heterocycles. The van der Waals surface area contributed by atoms with E-state index in [9.17, 15) is 13.6 Å². The minimum Gasteiger partial charge on any atom is -0.369 e. The van der Waals surface area contributed by atoms with Crippen LogP contribution in [0.15, 0.2) is 18.2 Å². The van der Waals surface area contributed by atoms with E-state index in [-0.39, 0.29) is 0 Å². The third-order valence-electron chi connectivity index (χ3n) is 3.85. The van der Waals surface area contributed by atoms with Gasteiger partial charge in [0, 0.05) is 37.6 Å². The van der Waals surface area contributed by atoms with Gasteiger partial charge in [0.25, 0.3) is 5.91 Å². The van der Waals surface area contributed by atoms with Crippen molar-refractivity contribution in [3.63, 3.8) is 0 Å². The molecule has 1 N–H and O–H groups in total. The largest absolute Gasteiger partial charge is 0.369 e. The number of nitrogens with one attached hydrogen (secondary N) is 1. The molecule has 0 bridgehead atoms. The van der Waals surface area contributed by atoms with Gasteiger partial charge in [-0.1, -0.05) is 6.92 Å². The van der Waals surface area contributed by atoms with Crippen molar-refractivity contribution < 1.29 is 13.6 Å². The molecule has 21 heavy (non-hydrogen) atoms. The molecule has 0 aliphatic carbocycles. The lowest BCUT2D eigenvalue weighted by Crippen LogP contribution is -2.46. The van der Waals surface area contributed by atoms with Crippen LogP contribution in [-0.4, -0.2) is 50.0 Å². The zero-order valence-electron chi connectivity index (χ0n) is 12.4. The summed E-state index contributed by atoms with van der Waals surface area (Å²) in [5.74, 6) is -1.26. The number of likely N-dealkylation sites (N-methyl/N-ethyl adjacent to an activating group) is 1. The van der Waals surface area contributed by atoms with Crippen LogP contribution < -0.4 is 10.2 Å². The summed E-state index contributed by atoms with van der Waals surface area (Å²) in [4.78, 5) is 15.7. The number of amides is 1. The van der Waals surface area contributed by atoms with Gasteiger partial charge in [-0.05, 0) is 37.2 Å². The van der Waals surface area contributed by atoms with E-state index in [2.05, 4.69) is 22.0 Å². The molecule has 0 saturated carbocycles. The van der Waals surface area contributed by atoms with Crippen LogP contribution in [0.2, 0.25) is 0 Å². The van der Waals surface area contributed by atoms with E-state index in [0.29, 0.717) is 5.69 Å². The number of hydrogen-bond acceptors (Lipinski definition) is 3. The molecule has 0 unspecified atom stereocenters. The highest BCUT2D eigenvalue weighted by atomic mass is 19.3. The van der Waals surface area contributed by atoms with Crippen LogP contribution in [0.1, 0.15) is 12.5 Å². The van der Waals surface area contributed by atoms with Crippen LogP contribution in [0.5, 0.6) is 0 Å². The Hall–Kier alpha value is -1.69. The summed E-state index contributed by atoms with van der Waals surface area (Å²) in [7, 11) is 0. The second-order valence-electron chi connectivity index (χ2n) is 5.21. The van der Waals surface area contributed by atoms with E-state index >= 15 is 0 Å². The van der Waals surface area contributed by atoms with Crippen molar-refractivity contribution in [2.75, 3.05) is 42.9 Å².